The Morgan fingerprint density at radius 1 is 1.41 bits per heavy atom. The van der Waals surface area contributed by atoms with Crippen LogP contribution in [0.1, 0.15) is 24.5 Å². The van der Waals surface area contributed by atoms with Crippen molar-refractivity contribution in [1.82, 2.24) is 4.90 Å². The van der Waals surface area contributed by atoms with Crippen LogP contribution < -0.4 is 5.46 Å². The average Bonchev–Trinajstić information content (AvgIpc) is 2.67. The van der Waals surface area contributed by atoms with E-state index in [0.717, 1.165) is 25.6 Å². The maximum atomic E-state index is 9.18. The molecule has 2 N–H and O–H groups in total. The first-order valence-corrected chi connectivity index (χ1v) is 6.24. The van der Waals surface area contributed by atoms with E-state index >= 15 is 0 Å². The molecule has 1 aliphatic heterocycles. The van der Waals surface area contributed by atoms with E-state index in [1.54, 1.807) is 6.07 Å². The fraction of sp³-hybridized carbons (Fsp3) is 0.538. The monoisotopic (exact) mass is 233 g/mol. The lowest BCUT2D eigenvalue weighted by molar-refractivity contribution is 0.319. The number of rotatable bonds is 3. The largest absolute Gasteiger partial charge is 0.488 e. The molecule has 0 saturated carbocycles. The fourth-order valence-corrected chi connectivity index (χ4v) is 2.43. The van der Waals surface area contributed by atoms with Crippen LogP contribution in [-0.4, -0.2) is 35.2 Å². The molecule has 1 atom stereocenters. The second kappa shape index (κ2) is 5.21. The van der Waals surface area contributed by atoms with Gasteiger partial charge in [0.05, 0.1) is 0 Å². The molecular formula is C13H20BNO2. The van der Waals surface area contributed by atoms with Crippen LogP contribution in [0.5, 0.6) is 0 Å². The molecule has 2 rings (SSSR count). The molecular weight excluding hydrogens is 213 g/mol. The minimum atomic E-state index is -1.37. The highest BCUT2D eigenvalue weighted by Gasteiger charge is 2.20. The lowest BCUT2D eigenvalue weighted by Gasteiger charge is -2.17. The number of hydrogen-bond acceptors (Lipinski definition) is 3. The van der Waals surface area contributed by atoms with E-state index in [2.05, 4.69) is 18.7 Å². The normalized spacial score (nSPS) is 20.8. The van der Waals surface area contributed by atoms with E-state index in [4.69, 9.17) is 0 Å². The van der Waals surface area contributed by atoms with Gasteiger partial charge < -0.3 is 10.0 Å². The summed E-state index contributed by atoms with van der Waals surface area (Å²) >= 11 is 0. The first kappa shape index (κ1) is 12.6. The molecule has 0 radical (unpaired) electrons. The third-order valence-corrected chi connectivity index (χ3v) is 3.57. The van der Waals surface area contributed by atoms with Crippen molar-refractivity contribution in [2.24, 2.45) is 5.92 Å². The number of likely N-dealkylation sites (tertiary alicyclic amines) is 1. The third-order valence-electron chi connectivity index (χ3n) is 3.57. The van der Waals surface area contributed by atoms with Gasteiger partial charge in [-0.3, -0.25) is 4.90 Å². The Kier molecular flexibility index (Phi) is 3.87. The molecule has 17 heavy (non-hydrogen) atoms. The van der Waals surface area contributed by atoms with Gasteiger partial charge in [-0.05, 0) is 42.4 Å². The van der Waals surface area contributed by atoms with Gasteiger partial charge in [0, 0.05) is 13.1 Å². The van der Waals surface area contributed by atoms with Crippen molar-refractivity contribution in [3.05, 3.63) is 29.3 Å². The van der Waals surface area contributed by atoms with E-state index in [1.807, 2.05) is 12.1 Å². The highest BCUT2D eigenvalue weighted by atomic mass is 16.4. The van der Waals surface area contributed by atoms with Crippen LogP contribution in [0.15, 0.2) is 18.2 Å². The van der Waals surface area contributed by atoms with E-state index in [9.17, 15) is 10.0 Å². The molecule has 1 aromatic rings. The molecule has 1 unspecified atom stereocenters. The van der Waals surface area contributed by atoms with Gasteiger partial charge in [-0.1, -0.05) is 25.1 Å². The molecule has 0 amide bonds. The van der Waals surface area contributed by atoms with E-state index in [1.165, 1.54) is 17.5 Å². The Hall–Kier alpha value is -0.835. The van der Waals surface area contributed by atoms with Crippen molar-refractivity contribution in [3.63, 3.8) is 0 Å². The van der Waals surface area contributed by atoms with Crippen LogP contribution in [0.3, 0.4) is 0 Å². The van der Waals surface area contributed by atoms with Crippen LogP contribution >= 0.6 is 0 Å². The van der Waals surface area contributed by atoms with Crippen LogP contribution in [0.25, 0.3) is 0 Å². The second-order valence-corrected chi connectivity index (χ2v) is 5.19. The summed E-state index contributed by atoms with van der Waals surface area (Å²) < 4.78 is 0. The highest BCUT2D eigenvalue weighted by molar-refractivity contribution is 6.58. The molecule has 1 aliphatic rings. The van der Waals surface area contributed by atoms with Crippen LogP contribution in [0, 0.1) is 12.8 Å². The van der Waals surface area contributed by atoms with Gasteiger partial charge in [0.1, 0.15) is 0 Å². The lowest BCUT2D eigenvalue weighted by atomic mass is 9.79. The van der Waals surface area contributed by atoms with Crippen LogP contribution in [0.4, 0.5) is 0 Å². The van der Waals surface area contributed by atoms with Crippen molar-refractivity contribution in [1.29, 1.82) is 0 Å². The molecule has 1 fully saturated rings. The summed E-state index contributed by atoms with van der Waals surface area (Å²) in [5.74, 6) is 0.780. The van der Waals surface area contributed by atoms with Crippen LogP contribution in [-0.2, 0) is 6.54 Å². The molecule has 1 saturated heterocycles. The Morgan fingerprint density at radius 2 is 2.18 bits per heavy atom. The van der Waals surface area contributed by atoms with Gasteiger partial charge in [0.2, 0.25) is 0 Å². The molecule has 1 aromatic carbocycles. The maximum Gasteiger partial charge on any atom is 0.488 e. The fourth-order valence-electron chi connectivity index (χ4n) is 2.43. The van der Waals surface area contributed by atoms with E-state index < -0.39 is 7.12 Å². The summed E-state index contributed by atoms with van der Waals surface area (Å²) in [7, 11) is -1.37. The van der Waals surface area contributed by atoms with Gasteiger partial charge in [0.15, 0.2) is 0 Å². The predicted molar refractivity (Wildman–Crippen MR) is 70.1 cm³/mol. The Balaban J connectivity index is 2.11. The van der Waals surface area contributed by atoms with Crippen molar-refractivity contribution in [3.8, 4) is 0 Å². The molecule has 0 spiro atoms. The Morgan fingerprint density at radius 3 is 2.76 bits per heavy atom. The van der Waals surface area contributed by atoms with Crippen molar-refractivity contribution in [2.45, 2.75) is 26.8 Å². The summed E-state index contributed by atoms with van der Waals surface area (Å²) in [6.45, 7) is 7.55. The maximum absolute atomic E-state index is 9.18. The first-order chi connectivity index (χ1) is 8.06. The van der Waals surface area contributed by atoms with Crippen molar-refractivity contribution in [2.75, 3.05) is 13.1 Å². The second-order valence-electron chi connectivity index (χ2n) is 5.19. The SMILES string of the molecule is Cc1ccc(B(O)O)cc1CN1CCC(C)C1. The standard InChI is InChI=1S/C13H20BNO2/c1-10-5-6-15(8-10)9-12-7-13(14(16)17)4-3-11(12)2/h3-4,7,10,16-17H,5-6,8-9H2,1-2H3. The third kappa shape index (κ3) is 3.09. The molecule has 4 heteroatoms. The number of nitrogens with zero attached hydrogens (tertiary/aromatic N) is 1. The number of hydrogen-bond donors (Lipinski definition) is 2. The molecule has 0 aliphatic carbocycles. The topological polar surface area (TPSA) is 43.7 Å². The highest BCUT2D eigenvalue weighted by Crippen LogP contribution is 2.18. The molecule has 1 heterocycles. The van der Waals surface area contributed by atoms with Crippen molar-refractivity contribution >= 4 is 12.6 Å². The zero-order valence-corrected chi connectivity index (χ0v) is 10.6. The van der Waals surface area contributed by atoms with Crippen LogP contribution in [0.2, 0.25) is 0 Å². The minimum Gasteiger partial charge on any atom is -0.423 e. The van der Waals surface area contributed by atoms with E-state index in [-0.39, 0.29) is 0 Å². The summed E-state index contributed by atoms with van der Waals surface area (Å²) in [4.78, 5) is 2.43. The number of benzene rings is 1. The Labute approximate surface area is 103 Å². The minimum absolute atomic E-state index is 0.581. The first-order valence-electron chi connectivity index (χ1n) is 6.24. The summed E-state index contributed by atoms with van der Waals surface area (Å²) in [6.07, 6.45) is 1.27. The molecule has 92 valence electrons. The van der Waals surface area contributed by atoms with Gasteiger partial charge in [-0.25, -0.2) is 0 Å². The van der Waals surface area contributed by atoms with Gasteiger partial charge in [0.25, 0.3) is 0 Å². The summed E-state index contributed by atoms with van der Waals surface area (Å²) in [5, 5.41) is 18.4. The summed E-state index contributed by atoms with van der Waals surface area (Å²) in [5.41, 5.74) is 3.00. The van der Waals surface area contributed by atoms with Gasteiger partial charge in [-0.2, -0.15) is 0 Å². The zero-order chi connectivity index (χ0) is 12.4. The molecule has 0 aromatic heterocycles. The quantitative estimate of drug-likeness (QED) is 0.748. The number of aryl methyl sites for hydroxylation is 1. The van der Waals surface area contributed by atoms with E-state index in [0.29, 0.717) is 5.46 Å². The smallest absolute Gasteiger partial charge is 0.423 e. The summed E-state index contributed by atoms with van der Waals surface area (Å²) in [6, 6.07) is 5.64. The molecule has 0 bridgehead atoms. The lowest BCUT2D eigenvalue weighted by Crippen LogP contribution is -2.31. The Bertz CT molecular complexity index is 395. The van der Waals surface area contributed by atoms with Crippen molar-refractivity contribution < 1.29 is 10.0 Å². The zero-order valence-electron chi connectivity index (χ0n) is 10.6. The predicted octanol–water partition coefficient (Wildman–Crippen LogP) is 0.517. The van der Waals surface area contributed by atoms with Gasteiger partial charge in [-0.15, -0.1) is 0 Å². The van der Waals surface area contributed by atoms with Gasteiger partial charge >= 0.3 is 7.12 Å². The molecule has 3 nitrogen and oxygen atoms in total. The average molecular weight is 233 g/mol.